The summed E-state index contributed by atoms with van der Waals surface area (Å²) in [6.07, 6.45) is 24.8. The molecule has 129 heavy (non-hydrogen) atoms. The Labute approximate surface area is 773 Å². The summed E-state index contributed by atoms with van der Waals surface area (Å²) in [4.78, 5) is 25.4. The second-order valence-electron chi connectivity index (χ2n) is 44.5. The Morgan fingerprint density at radius 3 is 1.08 bits per heavy atom. The predicted molar refractivity (Wildman–Crippen MR) is 507 cm³/mol. The van der Waals surface area contributed by atoms with E-state index in [1.165, 1.54) is 120 Å². The fraction of sp³-hybridized carbons (Fsp3) is 0.578. The van der Waals surface area contributed by atoms with Crippen molar-refractivity contribution in [2.75, 3.05) is 26.4 Å². The highest BCUT2D eigenvalue weighted by Crippen LogP contribution is 2.66. The van der Waals surface area contributed by atoms with E-state index >= 15 is 0 Å². The maximum atomic E-state index is 12.8. The van der Waals surface area contributed by atoms with Crippen molar-refractivity contribution < 1.29 is 38.2 Å². The smallest absolute Gasteiger partial charge is 0.173 e. The third-order valence-corrected chi connectivity index (χ3v) is 36.7. The minimum atomic E-state index is -0.490. The first-order chi connectivity index (χ1) is 61.2. The molecule has 19 nitrogen and oxygen atoms in total. The molecule has 1 N–H and O–H groups in total. The van der Waals surface area contributed by atoms with E-state index in [1.807, 2.05) is 49.6 Å². The van der Waals surface area contributed by atoms with E-state index in [4.69, 9.17) is 49.0 Å². The average molecular weight is 1810 g/mol. The van der Waals surface area contributed by atoms with Gasteiger partial charge in [0.25, 0.3) is 0 Å². The lowest BCUT2D eigenvalue weighted by Crippen LogP contribution is -2.61. The first kappa shape index (κ1) is 90.9. The Morgan fingerprint density at radius 1 is 0.380 bits per heavy atom. The second-order valence-corrected chi connectivity index (χ2v) is 45.2. The van der Waals surface area contributed by atoms with Crippen LogP contribution in [-0.4, -0.2) is 109 Å². The Kier molecular flexibility index (Phi) is 23.4. The van der Waals surface area contributed by atoms with E-state index in [-0.39, 0.29) is 66.2 Å². The van der Waals surface area contributed by atoms with E-state index in [1.54, 1.807) is 0 Å². The summed E-state index contributed by atoms with van der Waals surface area (Å²) in [5.74, 6) is 2.97. The van der Waals surface area contributed by atoms with Gasteiger partial charge in [0.05, 0.1) is 67.4 Å². The molecule has 6 fully saturated rings. The zero-order valence-corrected chi connectivity index (χ0v) is 82.2. The van der Waals surface area contributed by atoms with Crippen LogP contribution in [-0.2, 0) is 160 Å². The van der Waals surface area contributed by atoms with Crippen molar-refractivity contribution in [1.82, 2.24) is 54.1 Å². The second kappa shape index (κ2) is 33.2. The normalized spacial score (nSPS) is 29.2. The number of allylic oxidation sites excluding steroid dienone is 1. The quantitative estimate of drug-likeness (QED) is 0.111. The zero-order valence-electron chi connectivity index (χ0n) is 80.6. The van der Waals surface area contributed by atoms with Crippen LogP contribution in [0.1, 0.15) is 294 Å². The third kappa shape index (κ3) is 14.7. The van der Waals surface area contributed by atoms with Gasteiger partial charge in [0.15, 0.2) is 17.4 Å². The number of hydrogen-bond donors (Lipinski definition) is 1. The van der Waals surface area contributed by atoms with Crippen LogP contribution in [0.15, 0.2) is 148 Å². The summed E-state index contributed by atoms with van der Waals surface area (Å²) in [5.41, 5.74) is 25.2. The fourth-order valence-electron chi connectivity index (χ4n) is 29.0. The van der Waals surface area contributed by atoms with Gasteiger partial charge in [-0.25, -0.2) is 0 Å². The molecule has 20 heteroatoms. The van der Waals surface area contributed by atoms with Gasteiger partial charge in [0, 0.05) is 174 Å². The number of aromatic nitrogens is 11. The molecule has 22 rings (SSSR count). The molecule has 2 spiro atoms. The number of carbonyl (C=O) groups excluding carboxylic acids is 2. The summed E-state index contributed by atoms with van der Waals surface area (Å²) >= 11 is 3.72. The molecule has 8 heterocycles. The van der Waals surface area contributed by atoms with E-state index < -0.39 is 11.2 Å². The van der Waals surface area contributed by atoms with Crippen LogP contribution in [0.25, 0.3) is 0 Å². The van der Waals surface area contributed by atoms with Crippen molar-refractivity contribution in [1.29, 1.82) is 0 Å². The summed E-state index contributed by atoms with van der Waals surface area (Å²) in [5, 5.41) is 38.9. The lowest BCUT2D eigenvalue weighted by molar-refractivity contribution is -0.276. The van der Waals surface area contributed by atoms with E-state index in [0.717, 1.165) is 158 Å². The Balaban J connectivity index is 0.000000109. The van der Waals surface area contributed by atoms with Gasteiger partial charge in [-0.05, 0) is 186 Å². The topological polar surface area (TPSA) is 206 Å². The number of hydrogen-bond acceptors (Lipinski definition) is 14. The number of fused-ring (bicyclic) bond motifs is 16. The maximum absolute atomic E-state index is 12.8. The summed E-state index contributed by atoms with van der Waals surface area (Å²) in [6.45, 7) is 37.1. The number of benzene rings is 4. The molecule has 10 aliphatic carbocycles. The molecule has 686 valence electrons. The monoisotopic (exact) mass is 1810 g/mol. The first-order valence-electron chi connectivity index (χ1n) is 48.2. The SMILES string of the molecule is Cn1nc2c(c1Br)CC[C@H]1C(C)(C)C3(CC[C@]21C)OCCO3.Cn1nc2c(c1Cc1ccccc1)CC[C@H]1C(C)(C)C(=O)/C(=C\O)C[C@]21C.Cn1nc2c(c1Cc1ccccc1)CC[C@H]1C(C)(C)C(=O)CC[C@]21C.Cn1nc2c(c1Cc1ccccc1)CC[C@H]1C(C)(C)C3(CC[C@]21C)OCCO3.Cn1nc2c(c1Cc1ccccc1)CC[C@H]1C(C)(C)c3oncc3C[C@]21C. The van der Waals surface area contributed by atoms with Crippen LogP contribution in [0.3, 0.4) is 0 Å². The number of carbonyl (C=O) groups is 2. The molecule has 2 saturated heterocycles. The highest BCUT2D eigenvalue weighted by Gasteiger charge is 2.67. The molecule has 6 aromatic heterocycles. The summed E-state index contributed by atoms with van der Waals surface area (Å²) in [6, 6.07) is 42.6. The summed E-state index contributed by atoms with van der Waals surface area (Å²) < 4.78 is 42.0. The molecule has 0 radical (unpaired) electrons. The fourth-order valence-corrected chi connectivity index (χ4v) is 29.5. The summed E-state index contributed by atoms with van der Waals surface area (Å²) in [7, 11) is 10.4. The average Bonchev–Trinajstić information content (AvgIpc) is 1.24. The van der Waals surface area contributed by atoms with Crippen molar-refractivity contribution in [2.45, 2.75) is 289 Å². The van der Waals surface area contributed by atoms with Gasteiger partial charge in [0.1, 0.15) is 16.1 Å². The Morgan fingerprint density at radius 2 is 0.698 bits per heavy atom. The highest BCUT2D eigenvalue weighted by molar-refractivity contribution is 9.10. The van der Waals surface area contributed by atoms with Crippen molar-refractivity contribution in [3.05, 3.63) is 257 Å². The Bertz CT molecular complexity index is 5890. The molecular weight excluding hydrogens is 1670 g/mol. The number of ether oxygens (including phenoxy) is 4. The maximum Gasteiger partial charge on any atom is 0.173 e. The van der Waals surface area contributed by atoms with Gasteiger partial charge in [-0.1, -0.05) is 230 Å². The number of Topliss-reactive ketones (excluding diaryl/α,β-unsaturated/α-hetero) is 2. The molecule has 0 unspecified atom stereocenters. The molecule has 10 aromatic rings. The number of ketones is 2. The molecule has 10 atom stereocenters. The molecular formula is C109H140BrN11O8. The predicted octanol–water partition coefficient (Wildman–Crippen LogP) is 20.8. The molecule has 4 saturated carbocycles. The van der Waals surface area contributed by atoms with Crippen LogP contribution in [0.5, 0.6) is 0 Å². The van der Waals surface area contributed by atoms with Gasteiger partial charge in [-0.3, -0.25) is 33.0 Å². The van der Waals surface area contributed by atoms with E-state index in [2.05, 4.69) is 262 Å². The number of aliphatic hydroxyl groups is 1. The number of rotatable bonds is 8. The van der Waals surface area contributed by atoms with Crippen molar-refractivity contribution >= 4 is 27.5 Å². The van der Waals surface area contributed by atoms with Gasteiger partial charge in [-0.2, -0.15) is 25.5 Å². The van der Waals surface area contributed by atoms with E-state index in [9.17, 15) is 14.7 Å². The number of halogens is 1. The first-order valence-corrected chi connectivity index (χ1v) is 49.0. The largest absolute Gasteiger partial charge is 0.515 e. The molecule has 4 aromatic carbocycles. The lowest BCUT2D eigenvalue weighted by Gasteiger charge is -2.59. The number of nitrogens with zero attached hydrogens (tertiary/aromatic N) is 11. The van der Waals surface area contributed by atoms with Crippen molar-refractivity contribution in [3.63, 3.8) is 0 Å². The van der Waals surface area contributed by atoms with Gasteiger partial charge in [-0.15, -0.1) is 0 Å². The minimum absolute atomic E-state index is 0.00180. The van der Waals surface area contributed by atoms with Crippen LogP contribution < -0.4 is 0 Å². The van der Waals surface area contributed by atoms with Gasteiger partial charge in [0.2, 0.25) is 0 Å². The molecule has 0 amide bonds. The van der Waals surface area contributed by atoms with Crippen LogP contribution in [0, 0.1) is 51.2 Å². The highest BCUT2D eigenvalue weighted by atomic mass is 79.9. The van der Waals surface area contributed by atoms with Crippen LogP contribution in [0.4, 0.5) is 0 Å². The number of aryl methyl sites for hydroxylation is 5. The van der Waals surface area contributed by atoms with Gasteiger partial charge < -0.3 is 28.6 Å². The molecule has 0 bridgehead atoms. The standard InChI is InChI=1S/C24H32N2O2.C23H27N3O.C23H28N2O2.C22H28N2O.C17H25BrN2O2/c1-22(2)20-11-10-18-19(16-17-8-6-5-7-9-17)26(4)25-21(18)23(20,3)12-13-24(22)27-14-15-28-24;1-22(2)19-11-10-17-18(12-15-8-6-5-7-9-15)26(4)25-20(17)23(19,3)13-16-14-24-27-21(16)22;1-22(2)19-11-10-17-18(12-15-8-6-5-7-9-15)25(4)24-20(17)23(19,3)13-16(14-26)21(22)27;1-21(2)18-11-10-16-17(14-15-8-6-5-7-9-15)24(4)23-20(16)22(18,3)13-12-19(21)25;1-15(2)12-6-5-11-13(19-20(4)14(11)18)16(12,3)7-8-17(15)21-9-10-22-17/h5-9,20H,10-16H2,1-4H3;5-9,14,19H,10-13H2,1-4H3;5-9,14,19,26H,10-13H2,1-4H3;5-9,18H,10-14H2,1-4H3;12H,5-10H2,1-4H3/b;;16-14-;;/t20-,23-;2*19-,23-;18-,22-;12-,16-/m00000/s1. The van der Waals surface area contributed by atoms with Crippen LogP contribution >= 0.6 is 15.9 Å². The number of aliphatic hydroxyl groups excluding tert-OH is 1. The van der Waals surface area contributed by atoms with Crippen molar-refractivity contribution in [3.8, 4) is 0 Å². The van der Waals surface area contributed by atoms with Gasteiger partial charge >= 0.3 is 0 Å². The zero-order chi connectivity index (χ0) is 91.3. The van der Waals surface area contributed by atoms with E-state index in [0.29, 0.717) is 47.9 Å². The molecule has 12 aliphatic rings. The lowest BCUT2D eigenvalue weighted by atomic mass is 9.49. The third-order valence-electron chi connectivity index (χ3n) is 35.7. The van der Waals surface area contributed by atoms with Crippen molar-refractivity contribution in [2.24, 2.45) is 86.5 Å². The van der Waals surface area contributed by atoms with Crippen LogP contribution in [0.2, 0.25) is 0 Å². The Hall–Kier alpha value is -8.66. The minimum Gasteiger partial charge on any atom is -0.515 e. The molecule has 2 aliphatic heterocycles.